The maximum atomic E-state index is 10.1. The molecule has 2 aromatic rings. The number of aromatic hydroxyl groups is 1. The highest BCUT2D eigenvalue weighted by Crippen LogP contribution is 2.25. The summed E-state index contributed by atoms with van der Waals surface area (Å²) in [6, 6.07) is 15.4. The number of methoxy groups -OCH3 is 1. The van der Waals surface area contributed by atoms with E-state index in [4.69, 9.17) is 4.74 Å². The van der Waals surface area contributed by atoms with Crippen molar-refractivity contribution in [2.75, 3.05) is 31.6 Å². The van der Waals surface area contributed by atoms with Crippen LogP contribution in [0.1, 0.15) is 30.9 Å². The molecule has 0 bridgehead atoms. The fourth-order valence-electron chi connectivity index (χ4n) is 3.65. The molecule has 0 amide bonds. The quantitative estimate of drug-likeness (QED) is 0.298. The molecule has 166 valence electrons. The Kier molecular flexibility index (Phi) is 9.72. The molecule has 1 atom stereocenters. The number of ether oxygens (including phenoxy) is 1. The number of phenolic OH excluding ortho intramolecular Hbond substituents is 1. The number of rotatable bonds is 6. The summed E-state index contributed by atoms with van der Waals surface area (Å²) in [6.45, 7) is 4.84. The molecule has 0 radical (unpaired) electrons. The summed E-state index contributed by atoms with van der Waals surface area (Å²) in [4.78, 5) is 6.91. The summed E-state index contributed by atoms with van der Waals surface area (Å²) in [5, 5.41) is 26.3. The number of nitrogens with one attached hydrogen (secondary N) is 2. The number of nitrogens with zero attached hydrogens (tertiary/aromatic N) is 3. The number of para-hydroxylation sites is 1. The van der Waals surface area contributed by atoms with Crippen molar-refractivity contribution in [2.45, 2.75) is 32.4 Å². The summed E-state index contributed by atoms with van der Waals surface area (Å²) in [6.07, 6.45) is 2.06. The van der Waals surface area contributed by atoms with E-state index in [0.29, 0.717) is 29.4 Å². The molecule has 1 aliphatic rings. The van der Waals surface area contributed by atoms with Crippen LogP contribution in [0.4, 0.5) is 5.69 Å². The summed E-state index contributed by atoms with van der Waals surface area (Å²) >= 11 is 0. The van der Waals surface area contributed by atoms with Crippen LogP contribution in [0.5, 0.6) is 11.5 Å². The minimum atomic E-state index is 0. The average molecular weight is 535 g/mol. The zero-order chi connectivity index (χ0) is 21.3. The smallest absolute Gasteiger partial charge is 0.191 e. The van der Waals surface area contributed by atoms with Crippen molar-refractivity contribution in [3.05, 3.63) is 53.6 Å². The second-order valence-corrected chi connectivity index (χ2v) is 7.25. The lowest BCUT2D eigenvalue weighted by Gasteiger charge is -2.35. The SMILES string of the molecule is CCNC(=NCc1cc(OC)ccc1O)NC1CCCN(c2ccccc2C#N)C1.I. The van der Waals surface area contributed by atoms with Crippen LogP contribution in [-0.4, -0.2) is 43.9 Å². The maximum Gasteiger partial charge on any atom is 0.191 e. The van der Waals surface area contributed by atoms with E-state index >= 15 is 0 Å². The van der Waals surface area contributed by atoms with Crippen LogP contribution in [0.15, 0.2) is 47.5 Å². The van der Waals surface area contributed by atoms with E-state index in [2.05, 4.69) is 26.6 Å². The van der Waals surface area contributed by atoms with Crippen molar-refractivity contribution in [3.63, 3.8) is 0 Å². The molecular formula is C23H30IN5O2. The molecule has 0 aromatic heterocycles. The molecule has 1 heterocycles. The van der Waals surface area contributed by atoms with Crippen molar-refractivity contribution in [3.8, 4) is 17.6 Å². The van der Waals surface area contributed by atoms with E-state index in [1.807, 2.05) is 31.2 Å². The third kappa shape index (κ3) is 6.66. The highest BCUT2D eigenvalue weighted by atomic mass is 127. The third-order valence-electron chi connectivity index (χ3n) is 5.17. The van der Waals surface area contributed by atoms with Gasteiger partial charge < -0.3 is 25.4 Å². The van der Waals surface area contributed by atoms with Crippen LogP contribution < -0.4 is 20.3 Å². The Labute approximate surface area is 201 Å². The molecule has 31 heavy (non-hydrogen) atoms. The number of aliphatic imine (C=N–C) groups is 1. The van der Waals surface area contributed by atoms with Crippen molar-refractivity contribution in [1.29, 1.82) is 5.26 Å². The first-order chi connectivity index (χ1) is 14.6. The molecule has 7 nitrogen and oxygen atoms in total. The molecule has 1 unspecified atom stereocenters. The van der Waals surface area contributed by atoms with Gasteiger partial charge in [0.15, 0.2) is 5.96 Å². The number of hydrogen-bond donors (Lipinski definition) is 3. The number of hydrogen-bond acceptors (Lipinski definition) is 5. The number of nitriles is 1. The lowest BCUT2D eigenvalue weighted by atomic mass is 10.0. The van der Waals surface area contributed by atoms with Gasteiger partial charge in [-0.2, -0.15) is 5.26 Å². The number of phenols is 1. The highest BCUT2D eigenvalue weighted by molar-refractivity contribution is 14.0. The van der Waals surface area contributed by atoms with Crippen LogP contribution in [0.3, 0.4) is 0 Å². The van der Waals surface area contributed by atoms with Crippen LogP contribution in [0.25, 0.3) is 0 Å². The van der Waals surface area contributed by atoms with Gasteiger partial charge in [-0.3, -0.25) is 0 Å². The zero-order valence-electron chi connectivity index (χ0n) is 18.0. The second kappa shape index (κ2) is 12.2. The molecule has 3 rings (SSSR count). The van der Waals surface area contributed by atoms with Crippen molar-refractivity contribution in [1.82, 2.24) is 10.6 Å². The fraction of sp³-hybridized carbons (Fsp3) is 0.391. The summed E-state index contributed by atoms with van der Waals surface area (Å²) < 4.78 is 5.24. The Balaban J connectivity index is 0.00000341. The molecule has 1 saturated heterocycles. The van der Waals surface area contributed by atoms with Crippen molar-refractivity contribution in [2.24, 2.45) is 4.99 Å². The first kappa shape index (κ1) is 24.6. The standard InChI is InChI=1S/C23H29N5O2.HI/c1-3-25-23(26-15-18-13-20(30-2)10-11-22(18)29)27-19-8-6-12-28(16-19)21-9-5-4-7-17(21)14-24;/h4-5,7,9-11,13,19,29H,3,6,8,12,15-16H2,1-2H3,(H2,25,26,27);1H. The van der Waals surface area contributed by atoms with Gasteiger partial charge in [0.05, 0.1) is 24.9 Å². The topological polar surface area (TPSA) is 92.9 Å². The van der Waals surface area contributed by atoms with Crippen molar-refractivity contribution >= 4 is 35.6 Å². The number of anilines is 1. The second-order valence-electron chi connectivity index (χ2n) is 7.25. The molecule has 0 aliphatic carbocycles. The van der Waals surface area contributed by atoms with E-state index < -0.39 is 0 Å². The molecule has 0 spiro atoms. The van der Waals surface area contributed by atoms with E-state index in [-0.39, 0.29) is 35.8 Å². The molecular weight excluding hydrogens is 505 g/mol. The van der Waals surface area contributed by atoms with Gasteiger partial charge in [-0.15, -0.1) is 24.0 Å². The van der Waals surface area contributed by atoms with Crippen LogP contribution in [0.2, 0.25) is 0 Å². The molecule has 1 aliphatic heterocycles. The Morgan fingerprint density at radius 1 is 1.32 bits per heavy atom. The summed E-state index contributed by atoms with van der Waals surface area (Å²) in [7, 11) is 1.60. The van der Waals surface area contributed by atoms with Gasteiger partial charge in [0.1, 0.15) is 17.6 Å². The summed E-state index contributed by atoms with van der Waals surface area (Å²) in [5.74, 6) is 1.60. The van der Waals surface area contributed by atoms with Gasteiger partial charge in [0.2, 0.25) is 0 Å². The zero-order valence-corrected chi connectivity index (χ0v) is 20.3. The summed E-state index contributed by atoms with van der Waals surface area (Å²) in [5.41, 5.74) is 2.39. The molecule has 2 aromatic carbocycles. The van der Waals surface area contributed by atoms with E-state index in [9.17, 15) is 10.4 Å². The minimum absolute atomic E-state index is 0. The van der Waals surface area contributed by atoms with Gasteiger partial charge in [0.25, 0.3) is 0 Å². The lowest BCUT2D eigenvalue weighted by Crippen LogP contribution is -2.51. The predicted molar refractivity (Wildman–Crippen MR) is 134 cm³/mol. The average Bonchev–Trinajstić information content (AvgIpc) is 2.78. The first-order valence-electron chi connectivity index (χ1n) is 10.3. The van der Waals surface area contributed by atoms with Crippen molar-refractivity contribution < 1.29 is 9.84 Å². The maximum absolute atomic E-state index is 10.1. The van der Waals surface area contributed by atoms with E-state index in [1.165, 1.54) is 0 Å². The molecule has 3 N–H and O–H groups in total. The third-order valence-corrected chi connectivity index (χ3v) is 5.17. The first-order valence-corrected chi connectivity index (χ1v) is 10.3. The normalized spacial score (nSPS) is 16.1. The molecule has 0 saturated carbocycles. The van der Waals surface area contributed by atoms with Crippen LogP contribution in [0, 0.1) is 11.3 Å². The van der Waals surface area contributed by atoms with Gasteiger partial charge in [-0.25, -0.2) is 4.99 Å². The predicted octanol–water partition coefficient (Wildman–Crippen LogP) is 3.61. The Morgan fingerprint density at radius 2 is 2.13 bits per heavy atom. The Morgan fingerprint density at radius 3 is 2.87 bits per heavy atom. The lowest BCUT2D eigenvalue weighted by molar-refractivity contribution is 0.411. The Hall–Kier alpha value is -2.67. The number of guanidine groups is 1. The van der Waals surface area contributed by atoms with Gasteiger partial charge >= 0.3 is 0 Å². The van der Waals surface area contributed by atoms with Crippen LogP contribution in [-0.2, 0) is 6.54 Å². The fourth-order valence-corrected chi connectivity index (χ4v) is 3.65. The number of piperidine rings is 1. The molecule has 8 heteroatoms. The van der Waals surface area contributed by atoms with E-state index in [1.54, 1.807) is 25.3 Å². The monoisotopic (exact) mass is 535 g/mol. The van der Waals surface area contributed by atoms with Gasteiger partial charge in [0, 0.05) is 31.2 Å². The Bertz CT molecular complexity index is 928. The molecule has 1 fully saturated rings. The minimum Gasteiger partial charge on any atom is -0.508 e. The highest BCUT2D eigenvalue weighted by Gasteiger charge is 2.22. The van der Waals surface area contributed by atoms with E-state index in [0.717, 1.165) is 38.2 Å². The number of benzene rings is 2. The largest absolute Gasteiger partial charge is 0.508 e. The van der Waals surface area contributed by atoms with Gasteiger partial charge in [-0.1, -0.05) is 12.1 Å². The van der Waals surface area contributed by atoms with Crippen LogP contribution >= 0.6 is 24.0 Å². The van der Waals surface area contributed by atoms with Gasteiger partial charge in [-0.05, 0) is 50.1 Å². The number of halogens is 1.